The summed E-state index contributed by atoms with van der Waals surface area (Å²) in [6.07, 6.45) is -7.54. The summed E-state index contributed by atoms with van der Waals surface area (Å²) < 4.78 is 85.9. The van der Waals surface area contributed by atoms with Gasteiger partial charge in [0.15, 0.2) is 5.41 Å². The second-order valence-electron chi connectivity index (χ2n) is 10.2. The molecule has 2 heterocycles. The van der Waals surface area contributed by atoms with Crippen LogP contribution in [0.25, 0.3) is 11.1 Å². The molecule has 4 rings (SSSR count). The lowest BCUT2D eigenvalue weighted by Gasteiger charge is -2.40. The molecule has 220 valence electrons. The number of halogens is 6. The predicted octanol–water partition coefficient (Wildman–Crippen LogP) is 6.38. The number of nitrogens with zero attached hydrogens (tertiary/aromatic N) is 3. The molecule has 0 saturated carbocycles. The van der Waals surface area contributed by atoms with E-state index in [0.29, 0.717) is 37.3 Å². The van der Waals surface area contributed by atoms with E-state index in [-0.39, 0.29) is 19.5 Å². The summed E-state index contributed by atoms with van der Waals surface area (Å²) >= 11 is 0. The first-order valence-corrected chi connectivity index (χ1v) is 13.2. The van der Waals surface area contributed by atoms with Crippen molar-refractivity contribution in [2.75, 3.05) is 26.2 Å². The second-order valence-corrected chi connectivity index (χ2v) is 10.2. The summed E-state index contributed by atoms with van der Waals surface area (Å²) in [7, 11) is 0. The molecule has 5 nitrogen and oxygen atoms in total. The molecule has 0 unspecified atom stereocenters. The molecular formula is C30H31F6N3O2. The van der Waals surface area contributed by atoms with Crippen LogP contribution in [0.4, 0.5) is 26.3 Å². The topological polar surface area (TPSA) is 45.7 Å². The maximum atomic E-state index is 13.4. The van der Waals surface area contributed by atoms with Gasteiger partial charge in [-0.25, -0.2) is 0 Å². The summed E-state index contributed by atoms with van der Waals surface area (Å²) in [5.74, 6) is -0.298. The van der Waals surface area contributed by atoms with Crippen molar-refractivity contribution < 1.29 is 35.9 Å². The zero-order chi connectivity index (χ0) is 29.8. The molecule has 2 aromatic carbocycles. The number of carbonyl (C=O) groups excluding carboxylic acids is 1. The normalized spacial score (nSPS) is 17.4. The highest BCUT2D eigenvalue weighted by Gasteiger charge is 2.68. The first kappa shape index (κ1) is 30.5. The number of aromatic nitrogens is 1. The van der Waals surface area contributed by atoms with E-state index in [0.717, 1.165) is 29.8 Å². The van der Waals surface area contributed by atoms with Crippen molar-refractivity contribution >= 4 is 5.97 Å². The third kappa shape index (κ3) is 6.73. The van der Waals surface area contributed by atoms with Crippen LogP contribution in [-0.2, 0) is 28.0 Å². The van der Waals surface area contributed by atoms with Crippen LogP contribution in [-0.4, -0.2) is 65.4 Å². The molecule has 0 aliphatic carbocycles. The van der Waals surface area contributed by atoms with Crippen LogP contribution in [0.5, 0.6) is 0 Å². The van der Waals surface area contributed by atoms with Gasteiger partial charge in [-0.2, -0.15) is 26.3 Å². The highest BCUT2D eigenvalue weighted by molar-refractivity contribution is 5.76. The third-order valence-electron chi connectivity index (χ3n) is 7.56. The van der Waals surface area contributed by atoms with Gasteiger partial charge in [-0.1, -0.05) is 48.5 Å². The molecule has 1 aromatic heterocycles. The fraction of sp³-hybridized carbons (Fsp3) is 0.400. The van der Waals surface area contributed by atoms with Crippen LogP contribution in [0.15, 0.2) is 73.1 Å². The van der Waals surface area contributed by atoms with Crippen LogP contribution in [0.1, 0.15) is 30.5 Å². The highest BCUT2D eigenvalue weighted by atomic mass is 19.4. The standard InChI is InChI=1S/C30H31F6N3O2/c1-3-41-27(40)26-20-38(18-22-12-14-37-15-13-22)16-17-39(26)19-21-4-6-23(7-5-21)24-8-10-25(11-9-24)28(2,29(31,32)33)30(34,35)36/h4-15,26H,3,16-20H2,1-2H3/t26-/m1/s1. The van der Waals surface area contributed by atoms with Gasteiger partial charge >= 0.3 is 18.3 Å². The Balaban J connectivity index is 1.47. The lowest BCUT2D eigenvalue weighted by molar-refractivity contribution is -0.297. The second kappa shape index (κ2) is 12.2. The Hall–Kier alpha value is -3.44. The Morgan fingerprint density at radius 1 is 0.829 bits per heavy atom. The van der Waals surface area contributed by atoms with Crippen molar-refractivity contribution in [3.63, 3.8) is 0 Å². The average Bonchev–Trinajstić information content (AvgIpc) is 2.93. The maximum Gasteiger partial charge on any atom is 0.406 e. The lowest BCUT2D eigenvalue weighted by Crippen LogP contribution is -2.56. The molecule has 0 radical (unpaired) electrons. The summed E-state index contributed by atoms with van der Waals surface area (Å²) in [6.45, 7) is 5.22. The molecule has 3 aromatic rings. The number of pyridine rings is 1. The van der Waals surface area contributed by atoms with Crippen molar-refractivity contribution in [1.82, 2.24) is 14.8 Å². The predicted molar refractivity (Wildman–Crippen MR) is 142 cm³/mol. The van der Waals surface area contributed by atoms with Gasteiger partial charge in [-0.05, 0) is 53.8 Å². The number of alkyl halides is 6. The molecule has 1 saturated heterocycles. The molecule has 0 amide bonds. The quantitative estimate of drug-likeness (QED) is 0.229. The van der Waals surface area contributed by atoms with Crippen molar-refractivity contribution in [3.8, 4) is 11.1 Å². The van der Waals surface area contributed by atoms with Gasteiger partial charge in [-0.3, -0.25) is 19.6 Å². The van der Waals surface area contributed by atoms with E-state index >= 15 is 0 Å². The van der Waals surface area contributed by atoms with Gasteiger partial charge in [0, 0.05) is 45.1 Å². The Kier molecular flexibility index (Phi) is 9.08. The lowest BCUT2D eigenvalue weighted by atomic mass is 9.80. The number of piperazine rings is 1. The first-order valence-electron chi connectivity index (χ1n) is 13.2. The Labute approximate surface area is 234 Å². The smallest absolute Gasteiger partial charge is 0.406 e. The number of rotatable bonds is 8. The number of esters is 1. The minimum Gasteiger partial charge on any atom is -0.465 e. The van der Waals surface area contributed by atoms with Gasteiger partial charge in [-0.15, -0.1) is 0 Å². The number of hydrogen-bond donors (Lipinski definition) is 0. The zero-order valence-electron chi connectivity index (χ0n) is 22.7. The molecule has 41 heavy (non-hydrogen) atoms. The van der Waals surface area contributed by atoms with E-state index in [1.54, 1.807) is 31.5 Å². The summed E-state index contributed by atoms with van der Waals surface area (Å²) in [5.41, 5.74) is -1.71. The molecule has 0 N–H and O–H groups in total. The SMILES string of the molecule is CCOC(=O)[C@H]1CN(Cc2ccncc2)CCN1Cc1ccc(-c2ccc(C(C)(C(F)(F)F)C(F)(F)F)cc2)cc1. The number of ether oxygens (including phenoxy) is 1. The summed E-state index contributed by atoms with van der Waals surface area (Å²) in [4.78, 5) is 21.1. The fourth-order valence-corrected chi connectivity index (χ4v) is 4.94. The van der Waals surface area contributed by atoms with Crippen LogP contribution < -0.4 is 0 Å². The van der Waals surface area contributed by atoms with E-state index in [1.165, 1.54) is 12.1 Å². The van der Waals surface area contributed by atoms with Crippen molar-refractivity contribution in [3.05, 3.63) is 89.7 Å². The van der Waals surface area contributed by atoms with Crippen LogP contribution >= 0.6 is 0 Å². The van der Waals surface area contributed by atoms with E-state index in [9.17, 15) is 31.1 Å². The summed E-state index contributed by atoms with van der Waals surface area (Å²) in [6, 6.07) is 14.9. The van der Waals surface area contributed by atoms with Crippen molar-refractivity contribution in [2.45, 2.75) is 50.7 Å². The molecular weight excluding hydrogens is 548 g/mol. The van der Waals surface area contributed by atoms with Crippen LogP contribution in [0.2, 0.25) is 0 Å². The molecule has 0 spiro atoms. The molecule has 1 fully saturated rings. The summed E-state index contributed by atoms with van der Waals surface area (Å²) in [5, 5.41) is 0. The number of benzene rings is 2. The van der Waals surface area contributed by atoms with Crippen LogP contribution in [0.3, 0.4) is 0 Å². The van der Waals surface area contributed by atoms with Crippen LogP contribution in [0, 0.1) is 0 Å². The molecule has 0 bridgehead atoms. The monoisotopic (exact) mass is 579 g/mol. The van der Waals surface area contributed by atoms with Gasteiger partial charge in [0.2, 0.25) is 0 Å². The number of hydrogen-bond acceptors (Lipinski definition) is 5. The number of carbonyl (C=O) groups is 1. The zero-order valence-corrected chi connectivity index (χ0v) is 22.7. The first-order chi connectivity index (χ1) is 19.3. The van der Waals surface area contributed by atoms with Gasteiger partial charge in [0.05, 0.1) is 6.61 Å². The van der Waals surface area contributed by atoms with Gasteiger partial charge in [0.1, 0.15) is 6.04 Å². The van der Waals surface area contributed by atoms with Gasteiger partial charge < -0.3 is 4.74 Å². The van der Waals surface area contributed by atoms with E-state index in [4.69, 9.17) is 4.74 Å². The Morgan fingerprint density at radius 3 is 1.90 bits per heavy atom. The fourth-order valence-electron chi connectivity index (χ4n) is 4.94. The Bertz CT molecular complexity index is 1280. The average molecular weight is 580 g/mol. The van der Waals surface area contributed by atoms with Gasteiger partial charge in [0.25, 0.3) is 0 Å². The van der Waals surface area contributed by atoms with Crippen molar-refractivity contribution in [1.29, 1.82) is 0 Å². The third-order valence-corrected chi connectivity index (χ3v) is 7.56. The molecule has 1 aliphatic heterocycles. The highest BCUT2D eigenvalue weighted by Crippen LogP contribution is 2.51. The largest absolute Gasteiger partial charge is 0.465 e. The maximum absolute atomic E-state index is 13.4. The van der Waals surface area contributed by atoms with E-state index in [1.807, 2.05) is 24.3 Å². The minimum absolute atomic E-state index is 0.152. The van der Waals surface area contributed by atoms with E-state index < -0.39 is 29.4 Å². The molecule has 11 heteroatoms. The molecule has 1 atom stereocenters. The van der Waals surface area contributed by atoms with Crippen molar-refractivity contribution in [2.24, 2.45) is 0 Å². The minimum atomic E-state index is -5.50. The van der Waals surface area contributed by atoms with E-state index in [2.05, 4.69) is 14.8 Å². The Morgan fingerprint density at radius 2 is 1.37 bits per heavy atom. The molecule has 1 aliphatic rings.